The Hall–Kier alpha value is -2.40. The summed E-state index contributed by atoms with van der Waals surface area (Å²) >= 11 is 0. The van der Waals surface area contributed by atoms with Crippen LogP contribution in [0.4, 0.5) is 0 Å². The van der Waals surface area contributed by atoms with Crippen molar-refractivity contribution in [2.75, 3.05) is 20.3 Å². The second kappa shape index (κ2) is 9.58. The van der Waals surface area contributed by atoms with Crippen molar-refractivity contribution in [3.8, 4) is 17.2 Å². The van der Waals surface area contributed by atoms with Crippen LogP contribution >= 0.6 is 12.4 Å². The van der Waals surface area contributed by atoms with E-state index in [1.807, 2.05) is 30.3 Å². The molecule has 124 valence electrons. The van der Waals surface area contributed by atoms with Crippen molar-refractivity contribution in [1.82, 2.24) is 0 Å². The van der Waals surface area contributed by atoms with Gasteiger partial charge in [0.2, 0.25) is 0 Å². The van der Waals surface area contributed by atoms with Gasteiger partial charge in [-0.15, -0.1) is 12.4 Å². The monoisotopic (exact) mass is 336 g/mol. The zero-order chi connectivity index (χ0) is 15.8. The van der Waals surface area contributed by atoms with Crippen LogP contribution in [0, 0.1) is 5.41 Å². The second-order valence-corrected chi connectivity index (χ2v) is 4.64. The Balaban J connectivity index is 0.00000264. The molecule has 23 heavy (non-hydrogen) atoms. The Kier molecular flexibility index (Phi) is 7.77. The summed E-state index contributed by atoms with van der Waals surface area (Å²) in [5.74, 6) is 2.05. The van der Waals surface area contributed by atoms with Crippen LogP contribution < -0.4 is 19.9 Å². The smallest absolute Gasteiger partial charge is 0.161 e. The highest BCUT2D eigenvalue weighted by molar-refractivity contribution is 5.95. The van der Waals surface area contributed by atoms with Gasteiger partial charge in [0.25, 0.3) is 0 Å². The molecule has 0 bridgehead atoms. The van der Waals surface area contributed by atoms with E-state index in [9.17, 15) is 0 Å². The number of ether oxygens (including phenoxy) is 3. The molecule has 2 aromatic rings. The maximum atomic E-state index is 7.42. The van der Waals surface area contributed by atoms with Gasteiger partial charge in [0.1, 0.15) is 11.6 Å². The molecule has 0 unspecified atom stereocenters. The van der Waals surface area contributed by atoms with Crippen molar-refractivity contribution < 1.29 is 14.2 Å². The van der Waals surface area contributed by atoms with E-state index in [0.29, 0.717) is 30.3 Å². The van der Waals surface area contributed by atoms with Gasteiger partial charge in [0, 0.05) is 12.0 Å². The van der Waals surface area contributed by atoms with Gasteiger partial charge in [0.05, 0.1) is 20.3 Å². The zero-order valence-corrected chi connectivity index (χ0v) is 13.8. The number of hydrogen-bond acceptors (Lipinski definition) is 4. The quantitative estimate of drug-likeness (QED) is 0.440. The first-order chi connectivity index (χ1) is 10.7. The Labute approximate surface area is 142 Å². The van der Waals surface area contributed by atoms with Gasteiger partial charge >= 0.3 is 0 Å². The predicted molar refractivity (Wildman–Crippen MR) is 93.3 cm³/mol. The topological polar surface area (TPSA) is 77.6 Å². The normalized spacial score (nSPS) is 9.61. The molecule has 0 aliphatic heterocycles. The lowest BCUT2D eigenvalue weighted by Crippen LogP contribution is -2.11. The van der Waals surface area contributed by atoms with Crippen LogP contribution in [0.25, 0.3) is 0 Å². The first-order valence-corrected chi connectivity index (χ1v) is 7.04. The number of rotatable bonds is 8. The summed E-state index contributed by atoms with van der Waals surface area (Å²) in [6.07, 6.45) is 0.756. The molecule has 5 nitrogen and oxygen atoms in total. The minimum atomic E-state index is 0. The Bertz CT molecular complexity index is 620. The summed E-state index contributed by atoms with van der Waals surface area (Å²) in [7, 11) is 1.56. The summed E-state index contributed by atoms with van der Waals surface area (Å²) in [6, 6.07) is 14.9. The fraction of sp³-hybridized carbons (Fsp3) is 0.235. The third-order valence-electron chi connectivity index (χ3n) is 3.03. The highest BCUT2D eigenvalue weighted by Crippen LogP contribution is 2.28. The number of halogens is 1. The number of benzene rings is 2. The Morgan fingerprint density at radius 3 is 2.35 bits per heavy atom. The summed E-state index contributed by atoms with van der Waals surface area (Å²) in [4.78, 5) is 0. The van der Waals surface area contributed by atoms with Crippen LogP contribution in [0.15, 0.2) is 48.5 Å². The number of para-hydroxylation sites is 1. The third-order valence-corrected chi connectivity index (χ3v) is 3.03. The third kappa shape index (κ3) is 5.71. The van der Waals surface area contributed by atoms with Crippen LogP contribution in [-0.2, 0) is 0 Å². The highest BCUT2D eigenvalue weighted by Gasteiger charge is 2.07. The molecule has 0 aliphatic rings. The van der Waals surface area contributed by atoms with E-state index in [-0.39, 0.29) is 18.2 Å². The number of methoxy groups -OCH3 is 1. The van der Waals surface area contributed by atoms with E-state index in [1.165, 1.54) is 0 Å². The molecule has 6 heteroatoms. The molecule has 0 spiro atoms. The Morgan fingerprint density at radius 2 is 1.70 bits per heavy atom. The Morgan fingerprint density at radius 1 is 1.00 bits per heavy atom. The number of amidine groups is 1. The highest BCUT2D eigenvalue weighted by atomic mass is 35.5. The van der Waals surface area contributed by atoms with E-state index in [2.05, 4.69) is 0 Å². The fourth-order valence-corrected chi connectivity index (χ4v) is 1.90. The van der Waals surface area contributed by atoms with Crippen molar-refractivity contribution in [2.24, 2.45) is 5.73 Å². The first-order valence-electron chi connectivity index (χ1n) is 7.04. The molecular formula is C17H21ClN2O3. The standard InChI is InChI=1S/C17H20N2O3.ClH/c1-20-16-12-13(17(18)19)8-9-15(16)22-11-5-10-21-14-6-3-2-4-7-14;/h2-4,6-9,12H,5,10-11H2,1H3,(H3,18,19);1H. The van der Waals surface area contributed by atoms with E-state index in [0.717, 1.165) is 12.2 Å². The molecule has 0 saturated carbocycles. The van der Waals surface area contributed by atoms with Crippen molar-refractivity contribution in [3.63, 3.8) is 0 Å². The zero-order valence-electron chi connectivity index (χ0n) is 13.0. The van der Waals surface area contributed by atoms with Gasteiger partial charge in [-0.1, -0.05) is 18.2 Å². The van der Waals surface area contributed by atoms with Crippen molar-refractivity contribution in [3.05, 3.63) is 54.1 Å². The molecule has 2 rings (SSSR count). The lowest BCUT2D eigenvalue weighted by atomic mass is 10.2. The molecule has 0 fully saturated rings. The minimum absolute atomic E-state index is 0. The molecular weight excluding hydrogens is 316 g/mol. The second-order valence-electron chi connectivity index (χ2n) is 4.64. The van der Waals surface area contributed by atoms with Gasteiger partial charge in [-0.05, 0) is 30.3 Å². The SMILES string of the molecule is COc1cc(C(=N)N)ccc1OCCCOc1ccccc1.Cl. The molecule has 0 saturated heterocycles. The van der Waals surface area contributed by atoms with E-state index in [4.69, 9.17) is 25.4 Å². The van der Waals surface area contributed by atoms with Crippen molar-refractivity contribution in [2.45, 2.75) is 6.42 Å². The van der Waals surface area contributed by atoms with Crippen LogP contribution in [0.2, 0.25) is 0 Å². The maximum Gasteiger partial charge on any atom is 0.161 e. The summed E-state index contributed by atoms with van der Waals surface area (Å²) in [5.41, 5.74) is 6.06. The van der Waals surface area contributed by atoms with Crippen molar-refractivity contribution in [1.29, 1.82) is 5.41 Å². The predicted octanol–water partition coefficient (Wildman–Crippen LogP) is 3.25. The van der Waals surface area contributed by atoms with Gasteiger partial charge in [-0.2, -0.15) is 0 Å². The minimum Gasteiger partial charge on any atom is -0.493 e. The van der Waals surface area contributed by atoms with Gasteiger partial charge < -0.3 is 19.9 Å². The molecule has 2 aromatic carbocycles. The van der Waals surface area contributed by atoms with Gasteiger partial charge in [0.15, 0.2) is 11.5 Å². The van der Waals surface area contributed by atoms with E-state index >= 15 is 0 Å². The van der Waals surface area contributed by atoms with Crippen LogP contribution in [0.5, 0.6) is 17.2 Å². The number of hydrogen-bond donors (Lipinski definition) is 2. The fourth-order valence-electron chi connectivity index (χ4n) is 1.90. The largest absolute Gasteiger partial charge is 0.493 e. The molecule has 0 heterocycles. The lowest BCUT2D eigenvalue weighted by molar-refractivity contribution is 0.240. The number of nitrogens with one attached hydrogen (secondary N) is 1. The summed E-state index contributed by atoms with van der Waals surface area (Å²) in [6.45, 7) is 1.10. The molecule has 0 atom stereocenters. The molecule has 3 N–H and O–H groups in total. The van der Waals surface area contributed by atoms with Gasteiger partial charge in [-0.3, -0.25) is 5.41 Å². The number of nitrogens with two attached hydrogens (primary N) is 1. The van der Waals surface area contributed by atoms with Crippen LogP contribution in [-0.4, -0.2) is 26.2 Å². The van der Waals surface area contributed by atoms with Gasteiger partial charge in [-0.25, -0.2) is 0 Å². The van der Waals surface area contributed by atoms with E-state index in [1.54, 1.807) is 25.3 Å². The number of nitrogen functional groups attached to an aromatic ring is 1. The summed E-state index contributed by atoms with van der Waals surface area (Å²) in [5, 5.41) is 7.42. The molecule has 0 amide bonds. The average molecular weight is 337 g/mol. The molecule has 0 aromatic heterocycles. The maximum absolute atomic E-state index is 7.42. The first kappa shape index (κ1) is 18.6. The van der Waals surface area contributed by atoms with Crippen LogP contribution in [0.3, 0.4) is 0 Å². The summed E-state index contributed by atoms with van der Waals surface area (Å²) < 4.78 is 16.5. The van der Waals surface area contributed by atoms with Crippen LogP contribution in [0.1, 0.15) is 12.0 Å². The molecule has 0 radical (unpaired) electrons. The molecule has 0 aliphatic carbocycles. The van der Waals surface area contributed by atoms with Crippen molar-refractivity contribution >= 4 is 18.2 Å². The van der Waals surface area contributed by atoms with E-state index < -0.39 is 0 Å². The lowest BCUT2D eigenvalue weighted by Gasteiger charge is -2.12. The average Bonchev–Trinajstić information content (AvgIpc) is 2.55.